The van der Waals surface area contributed by atoms with E-state index in [4.69, 9.17) is 4.74 Å². The van der Waals surface area contributed by atoms with E-state index in [1.165, 1.54) is 0 Å². The molecule has 0 aliphatic carbocycles. The van der Waals surface area contributed by atoms with Crippen molar-refractivity contribution in [2.24, 2.45) is 0 Å². The fourth-order valence-corrected chi connectivity index (χ4v) is 3.75. The van der Waals surface area contributed by atoms with E-state index in [1.54, 1.807) is 34.8 Å². The highest BCUT2D eigenvalue weighted by atomic mass is 16.5. The molecule has 0 unspecified atom stereocenters. The Kier molecular flexibility index (Phi) is 4.92. The Morgan fingerprint density at radius 3 is 2.52 bits per heavy atom. The maximum Gasteiger partial charge on any atom is 0.338 e. The summed E-state index contributed by atoms with van der Waals surface area (Å²) < 4.78 is 7.26. The average Bonchev–Trinajstić information content (AvgIpc) is 3.29. The smallest absolute Gasteiger partial charge is 0.338 e. The van der Waals surface area contributed by atoms with Gasteiger partial charge in [-0.1, -0.05) is 18.2 Å². The molecule has 148 valence electrons. The zero-order chi connectivity index (χ0) is 20.5. The van der Waals surface area contributed by atoms with E-state index in [0.29, 0.717) is 5.56 Å². The lowest BCUT2D eigenvalue weighted by molar-refractivity contribution is -0.126. The number of benzene rings is 2. The highest BCUT2D eigenvalue weighted by Crippen LogP contribution is 2.32. The second kappa shape index (κ2) is 7.54. The Morgan fingerprint density at radius 2 is 1.83 bits per heavy atom. The Hall–Kier alpha value is -3.41. The zero-order valence-corrected chi connectivity index (χ0v) is 16.7. The monoisotopic (exact) mass is 389 g/mol. The molecule has 0 saturated carbocycles. The molecule has 1 amide bonds. The van der Waals surface area contributed by atoms with Crippen LogP contribution in [0.15, 0.2) is 60.8 Å². The summed E-state index contributed by atoms with van der Waals surface area (Å²) in [6.45, 7) is 5.58. The van der Waals surface area contributed by atoms with Crippen LogP contribution in [-0.4, -0.2) is 33.8 Å². The van der Waals surface area contributed by atoms with E-state index in [-0.39, 0.29) is 11.9 Å². The van der Waals surface area contributed by atoms with Crippen molar-refractivity contribution in [2.75, 3.05) is 4.90 Å². The van der Waals surface area contributed by atoms with Crippen molar-refractivity contribution in [1.29, 1.82) is 0 Å². The number of esters is 1. The number of fused-ring (bicyclic) bond motifs is 1. The molecule has 0 radical (unpaired) electrons. The van der Waals surface area contributed by atoms with E-state index in [9.17, 15) is 9.59 Å². The number of aryl methyl sites for hydroxylation is 1. The van der Waals surface area contributed by atoms with Gasteiger partial charge in [0.2, 0.25) is 0 Å². The molecule has 3 aromatic rings. The maximum absolute atomic E-state index is 13.0. The van der Waals surface area contributed by atoms with Crippen LogP contribution in [0.4, 0.5) is 5.69 Å². The van der Waals surface area contributed by atoms with E-state index >= 15 is 0 Å². The first kappa shape index (κ1) is 18.9. The second-order valence-corrected chi connectivity index (χ2v) is 7.37. The van der Waals surface area contributed by atoms with Gasteiger partial charge >= 0.3 is 5.97 Å². The Bertz CT molecular complexity index is 1060. The maximum atomic E-state index is 13.0. The molecular formula is C23H23N3O3. The first-order valence-electron chi connectivity index (χ1n) is 9.68. The molecule has 0 N–H and O–H groups in total. The van der Waals surface area contributed by atoms with Gasteiger partial charge in [0, 0.05) is 23.6 Å². The molecule has 2 aromatic carbocycles. The van der Waals surface area contributed by atoms with Gasteiger partial charge in [0.25, 0.3) is 5.91 Å². The molecule has 0 bridgehead atoms. The van der Waals surface area contributed by atoms with E-state index in [0.717, 1.165) is 29.1 Å². The fraction of sp³-hybridized carbons (Fsp3) is 0.261. The average molecular weight is 389 g/mol. The topological polar surface area (TPSA) is 64.4 Å². The van der Waals surface area contributed by atoms with Crippen LogP contribution >= 0.6 is 0 Å². The summed E-state index contributed by atoms with van der Waals surface area (Å²) in [5.74, 6) is -0.727. The van der Waals surface area contributed by atoms with Gasteiger partial charge in [-0.15, -0.1) is 0 Å². The van der Waals surface area contributed by atoms with Gasteiger partial charge in [0.05, 0.1) is 11.3 Å². The molecule has 29 heavy (non-hydrogen) atoms. The van der Waals surface area contributed by atoms with Crippen LogP contribution in [0.3, 0.4) is 0 Å². The third kappa shape index (κ3) is 3.53. The van der Waals surface area contributed by atoms with Crippen LogP contribution in [0, 0.1) is 6.92 Å². The predicted octanol–water partition coefficient (Wildman–Crippen LogP) is 3.70. The summed E-state index contributed by atoms with van der Waals surface area (Å²) in [5.41, 5.74) is 4.28. The molecule has 0 fully saturated rings. The molecule has 2 heterocycles. The Morgan fingerprint density at radius 1 is 1.10 bits per heavy atom. The number of carbonyl (C=O) groups excluding carboxylic acids is 2. The standard InChI is InChI=1S/C23H23N3O3/c1-15-12-13-24-26(15)20-10-8-18(9-11-20)23(28)29-17(3)22(27)25-16(2)14-19-6-4-5-7-21(19)25/h4-13,16-17H,14H2,1-3H3/t16-,17+/m1/s1. The number of hydrogen-bond donors (Lipinski definition) is 0. The van der Waals surface area contributed by atoms with Crippen LogP contribution in [0.1, 0.15) is 35.5 Å². The lowest BCUT2D eigenvalue weighted by Gasteiger charge is -2.26. The van der Waals surface area contributed by atoms with E-state index in [1.807, 2.05) is 56.3 Å². The number of aromatic nitrogens is 2. The van der Waals surface area contributed by atoms with E-state index in [2.05, 4.69) is 5.10 Å². The summed E-state index contributed by atoms with van der Waals surface area (Å²) in [6, 6.07) is 16.8. The van der Waals surface area contributed by atoms with Crippen molar-refractivity contribution < 1.29 is 14.3 Å². The second-order valence-electron chi connectivity index (χ2n) is 7.37. The van der Waals surface area contributed by atoms with Gasteiger partial charge in [0.1, 0.15) is 0 Å². The largest absolute Gasteiger partial charge is 0.449 e. The molecule has 6 nitrogen and oxygen atoms in total. The van der Waals surface area contributed by atoms with Crippen LogP contribution in [0.25, 0.3) is 5.69 Å². The molecule has 1 aliphatic rings. The van der Waals surface area contributed by atoms with Crippen molar-refractivity contribution in [3.8, 4) is 5.69 Å². The van der Waals surface area contributed by atoms with E-state index < -0.39 is 12.1 Å². The molecule has 2 atom stereocenters. The number of hydrogen-bond acceptors (Lipinski definition) is 4. The number of para-hydroxylation sites is 1. The van der Waals surface area contributed by atoms with Gasteiger partial charge in [-0.25, -0.2) is 9.48 Å². The third-order valence-electron chi connectivity index (χ3n) is 5.26. The van der Waals surface area contributed by atoms with Crippen molar-refractivity contribution in [3.05, 3.63) is 77.6 Å². The minimum atomic E-state index is -0.871. The van der Waals surface area contributed by atoms with Gasteiger partial charge in [-0.2, -0.15) is 5.10 Å². The number of amides is 1. The van der Waals surface area contributed by atoms with Crippen molar-refractivity contribution in [3.63, 3.8) is 0 Å². The third-order valence-corrected chi connectivity index (χ3v) is 5.26. The van der Waals surface area contributed by atoms with Crippen LogP contribution in [0.2, 0.25) is 0 Å². The van der Waals surface area contributed by atoms with Gasteiger partial charge < -0.3 is 9.64 Å². The van der Waals surface area contributed by atoms with Crippen LogP contribution < -0.4 is 4.90 Å². The first-order chi connectivity index (χ1) is 14.0. The van der Waals surface area contributed by atoms with Crippen molar-refractivity contribution >= 4 is 17.6 Å². The van der Waals surface area contributed by atoms with Gasteiger partial charge in [-0.3, -0.25) is 4.79 Å². The quantitative estimate of drug-likeness (QED) is 0.638. The number of rotatable bonds is 4. The predicted molar refractivity (Wildman–Crippen MR) is 110 cm³/mol. The summed E-state index contributed by atoms with van der Waals surface area (Å²) in [6.07, 6.45) is 1.66. The fourth-order valence-electron chi connectivity index (χ4n) is 3.75. The summed E-state index contributed by atoms with van der Waals surface area (Å²) in [5, 5.41) is 4.25. The molecular weight excluding hydrogens is 366 g/mol. The van der Waals surface area contributed by atoms with Gasteiger partial charge in [0.15, 0.2) is 6.10 Å². The Balaban J connectivity index is 1.46. The van der Waals surface area contributed by atoms with Crippen LogP contribution in [-0.2, 0) is 16.0 Å². The first-order valence-corrected chi connectivity index (χ1v) is 9.68. The number of anilines is 1. The summed E-state index contributed by atoms with van der Waals surface area (Å²) in [7, 11) is 0. The van der Waals surface area contributed by atoms with Gasteiger partial charge in [-0.05, 0) is 69.2 Å². The lowest BCUT2D eigenvalue weighted by atomic mass is 10.1. The highest BCUT2D eigenvalue weighted by molar-refractivity contribution is 6.00. The molecule has 6 heteroatoms. The molecule has 0 spiro atoms. The molecule has 0 saturated heterocycles. The lowest BCUT2D eigenvalue weighted by Crippen LogP contribution is -2.43. The van der Waals surface area contributed by atoms with Crippen molar-refractivity contribution in [1.82, 2.24) is 9.78 Å². The number of ether oxygens (including phenoxy) is 1. The minimum absolute atomic E-state index is 0.0395. The normalized spacial score (nSPS) is 16.4. The summed E-state index contributed by atoms with van der Waals surface area (Å²) in [4.78, 5) is 27.3. The Labute approximate surface area is 169 Å². The molecule has 1 aliphatic heterocycles. The highest BCUT2D eigenvalue weighted by Gasteiger charge is 2.34. The summed E-state index contributed by atoms with van der Waals surface area (Å²) >= 11 is 0. The number of carbonyl (C=O) groups is 2. The molecule has 1 aromatic heterocycles. The SMILES string of the molecule is Cc1ccnn1-c1ccc(C(=O)O[C@@H](C)C(=O)N2c3ccccc3C[C@H]2C)cc1. The zero-order valence-electron chi connectivity index (χ0n) is 16.7. The molecule has 4 rings (SSSR count). The van der Waals surface area contributed by atoms with Crippen molar-refractivity contribution in [2.45, 2.75) is 39.3 Å². The minimum Gasteiger partial charge on any atom is -0.449 e. The van der Waals surface area contributed by atoms with Crippen LogP contribution in [0.5, 0.6) is 0 Å². The number of nitrogens with zero attached hydrogens (tertiary/aromatic N) is 3.